The molecule has 0 aliphatic rings. The average molecular weight is 241 g/mol. The number of carbonyl (C=O) groups is 1. The molecule has 0 aliphatic heterocycles. The number of hydrogen-bond donors (Lipinski definition) is 0. The van der Waals surface area contributed by atoms with Crippen LogP contribution in [0.1, 0.15) is 16.1 Å². The Hall–Kier alpha value is -2.11. The van der Waals surface area contributed by atoms with Crippen molar-refractivity contribution in [2.75, 3.05) is 0 Å². The van der Waals surface area contributed by atoms with Crippen LogP contribution in [0.5, 0.6) is 0 Å². The lowest BCUT2D eigenvalue weighted by Crippen LogP contribution is -2.04. The highest BCUT2D eigenvalue weighted by molar-refractivity contribution is 5.84. The number of alkyl halides is 3. The first-order valence-corrected chi connectivity index (χ1v) is 4.59. The standard InChI is InChI=1S/C11H6F3NO2/c12-11(13,14)8-3-1-2-7(4-8)9-6-17-15-10(9)5-16/h1-6H. The van der Waals surface area contributed by atoms with E-state index in [4.69, 9.17) is 0 Å². The van der Waals surface area contributed by atoms with Gasteiger partial charge in [0.2, 0.25) is 0 Å². The van der Waals surface area contributed by atoms with Gasteiger partial charge in [0.05, 0.1) is 11.1 Å². The van der Waals surface area contributed by atoms with Gasteiger partial charge in [-0.25, -0.2) is 0 Å². The number of hydrogen-bond acceptors (Lipinski definition) is 3. The lowest BCUT2D eigenvalue weighted by atomic mass is 10.0. The molecule has 1 heterocycles. The zero-order valence-corrected chi connectivity index (χ0v) is 8.36. The SMILES string of the molecule is O=Cc1nocc1-c1cccc(C(F)(F)F)c1. The molecule has 0 amide bonds. The smallest absolute Gasteiger partial charge is 0.363 e. The molecule has 6 heteroatoms. The van der Waals surface area contributed by atoms with Crippen LogP contribution in [0.4, 0.5) is 13.2 Å². The molecule has 1 aromatic carbocycles. The van der Waals surface area contributed by atoms with E-state index in [1.54, 1.807) is 0 Å². The van der Waals surface area contributed by atoms with E-state index < -0.39 is 11.7 Å². The summed E-state index contributed by atoms with van der Waals surface area (Å²) in [7, 11) is 0. The summed E-state index contributed by atoms with van der Waals surface area (Å²) in [6.45, 7) is 0. The lowest BCUT2D eigenvalue weighted by Gasteiger charge is -2.07. The fourth-order valence-corrected chi connectivity index (χ4v) is 1.41. The second-order valence-corrected chi connectivity index (χ2v) is 3.31. The van der Waals surface area contributed by atoms with Crippen molar-refractivity contribution >= 4 is 6.29 Å². The molecule has 17 heavy (non-hydrogen) atoms. The van der Waals surface area contributed by atoms with Gasteiger partial charge in [-0.05, 0) is 17.7 Å². The van der Waals surface area contributed by atoms with Crippen molar-refractivity contribution in [3.63, 3.8) is 0 Å². The maximum absolute atomic E-state index is 12.5. The molecule has 1 aromatic heterocycles. The molecule has 3 nitrogen and oxygen atoms in total. The number of carbonyl (C=O) groups excluding carboxylic acids is 1. The highest BCUT2D eigenvalue weighted by Crippen LogP contribution is 2.32. The zero-order valence-electron chi connectivity index (χ0n) is 8.36. The Bertz CT molecular complexity index is 546. The summed E-state index contributed by atoms with van der Waals surface area (Å²) < 4.78 is 42.0. The number of aldehydes is 1. The Kier molecular flexibility index (Phi) is 2.71. The quantitative estimate of drug-likeness (QED) is 0.758. The van der Waals surface area contributed by atoms with Crippen LogP contribution in [-0.4, -0.2) is 11.4 Å². The van der Waals surface area contributed by atoms with Crippen LogP contribution in [0.2, 0.25) is 0 Å². The van der Waals surface area contributed by atoms with Crippen LogP contribution in [0.25, 0.3) is 11.1 Å². The van der Waals surface area contributed by atoms with Crippen LogP contribution in [0, 0.1) is 0 Å². The first-order valence-electron chi connectivity index (χ1n) is 4.59. The first-order chi connectivity index (χ1) is 8.02. The van der Waals surface area contributed by atoms with Gasteiger partial charge in [-0.3, -0.25) is 4.79 Å². The minimum absolute atomic E-state index is 0.0238. The molecular formula is C11H6F3NO2. The van der Waals surface area contributed by atoms with Crippen molar-refractivity contribution in [3.05, 3.63) is 41.8 Å². The van der Waals surface area contributed by atoms with E-state index in [2.05, 4.69) is 9.68 Å². The predicted molar refractivity (Wildman–Crippen MR) is 52.3 cm³/mol. The van der Waals surface area contributed by atoms with Crippen molar-refractivity contribution in [3.8, 4) is 11.1 Å². The molecule has 0 fully saturated rings. The maximum Gasteiger partial charge on any atom is 0.416 e. The maximum atomic E-state index is 12.5. The van der Waals surface area contributed by atoms with E-state index in [0.717, 1.165) is 18.4 Å². The van der Waals surface area contributed by atoms with Crippen molar-refractivity contribution < 1.29 is 22.5 Å². The zero-order chi connectivity index (χ0) is 12.5. The highest BCUT2D eigenvalue weighted by Gasteiger charge is 2.30. The Morgan fingerprint density at radius 3 is 2.71 bits per heavy atom. The molecule has 0 saturated heterocycles. The third kappa shape index (κ3) is 2.20. The van der Waals surface area contributed by atoms with Crippen LogP contribution in [-0.2, 0) is 6.18 Å². The van der Waals surface area contributed by atoms with Gasteiger partial charge in [0.25, 0.3) is 0 Å². The summed E-state index contributed by atoms with van der Waals surface area (Å²) in [4.78, 5) is 10.6. The van der Waals surface area contributed by atoms with E-state index in [0.29, 0.717) is 6.29 Å². The molecule has 0 unspecified atom stereocenters. The Morgan fingerprint density at radius 1 is 1.29 bits per heavy atom. The third-order valence-electron chi connectivity index (χ3n) is 2.21. The van der Waals surface area contributed by atoms with Crippen LogP contribution in [0.15, 0.2) is 35.1 Å². The Morgan fingerprint density at radius 2 is 2.06 bits per heavy atom. The number of rotatable bonds is 2. The van der Waals surface area contributed by atoms with E-state index >= 15 is 0 Å². The topological polar surface area (TPSA) is 43.1 Å². The van der Waals surface area contributed by atoms with Gasteiger partial charge in [0, 0.05) is 0 Å². The van der Waals surface area contributed by atoms with Crippen molar-refractivity contribution in [1.82, 2.24) is 5.16 Å². The fraction of sp³-hybridized carbons (Fsp3) is 0.0909. The minimum atomic E-state index is -4.42. The summed E-state index contributed by atoms with van der Waals surface area (Å²) in [6, 6.07) is 4.62. The molecule has 2 aromatic rings. The number of aromatic nitrogens is 1. The minimum Gasteiger partial charge on any atom is -0.363 e. The molecular weight excluding hydrogens is 235 g/mol. The third-order valence-corrected chi connectivity index (χ3v) is 2.21. The van der Waals surface area contributed by atoms with Gasteiger partial charge < -0.3 is 4.52 Å². The highest BCUT2D eigenvalue weighted by atomic mass is 19.4. The largest absolute Gasteiger partial charge is 0.416 e. The van der Waals surface area contributed by atoms with Gasteiger partial charge in [-0.15, -0.1) is 0 Å². The summed E-state index contributed by atoms with van der Waals surface area (Å²) in [5, 5.41) is 3.38. The second-order valence-electron chi connectivity index (χ2n) is 3.31. The normalized spacial score (nSPS) is 11.5. The first kappa shape index (κ1) is 11.4. The Labute approximate surface area is 93.8 Å². The van der Waals surface area contributed by atoms with E-state index in [-0.39, 0.29) is 16.8 Å². The van der Waals surface area contributed by atoms with Crippen LogP contribution >= 0.6 is 0 Å². The molecule has 0 atom stereocenters. The fourth-order valence-electron chi connectivity index (χ4n) is 1.41. The molecule has 0 aliphatic carbocycles. The molecule has 2 rings (SSSR count). The van der Waals surface area contributed by atoms with Crippen LogP contribution in [0.3, 0.4) is 0 Å². The van der Waals surface area contributed by atoms with Gasteiger partial charge in [0.15, 0.2) is 12.0 Å². The summed E-state index contributed by atoms with van der Waals surface area (Å²) in [5.41, 5.74) is -0.327. The predicted octanol–water partition coefficient (Wildman–Crippen LogP) is 3.17. The van der Waals surface area contributed by atoms with E-state index in [1.807, 2.05) is 0 Å². The van der Waals surface area contributed by atoms with Gasteiger partial charge >= 0.3 is 6.18 Å². The summed E-state index contributed by atoms with van der Waals surface area (Å²) in [6.07, 6.45) is -2.85. The van der Waals surface area contributed by atoms with Gasteiger partial charge in [-0.2, -0.15) is 13.2 Å². The summed E-state index contributed by atoms with van der Waals surface area (Å²) in [5.74, 6) is 0. The molecule has 0 saturated carbocycles. The van der Waals surface area contributed by atoms with Crippen LogP contribution < -0.4 is 0 Å². The van der Waals surface area contributed by atoms with Crippen molar-refractivity contribution in [2.24, 2.45) is 0 Å². The second kappa shape index (κ2) is 4.04. The number of benzene rings is 1. The molecule has 0 radical (unpaired) electrons. The molecule has 0 N–H and O–H groups in total. The lowest BCUT2D eigenvalue weighted by molar-refractivity contribution is -0.137. The average Bonchev–Trinajstić information content (AvgIpc) is 2.76. The van der Waals surface area contributed by atoms with Gasteiger partial charge in [0.1, 0.15) is 6.26 Å². The summed E-state index contributed by atoms with van der Waals surface area (Å²) >= 11 is 0. The Balaban J connectivity index is 2.51. The van der Waals surface area contributed by atoms with Crippen molar-refractivity contribution in [1.29, 1.82) is 0 Å². The molecule has 0 bridgehead atoms. The molecule has 0 spiro atoms. The van der Waals surface area contributed by atoms with Gasteiger partial charge in [-0.1, -0.05) is 17.3 Å². The number of halogens is 3. The van der Waals surface area contributed by atoms with E-state index in [9.17, 15) is 18.0 Å². The number of nitrogens with zero attached hydrogens (tertiary/aromatic N) is 1. The molecule has 88 valence electrons. The van der Waals surface area contributed by atoms with Crippen molar-refractivity contribution in [2.45, 2.75) is 6.18 Å². The monoisotopic (exact) mass is 241 g/mol. The van der Waals surface area contributed by atoms with E-state index in [1.165, 1.54) is 12.1 Å².